The number of ether oxygens (including phenoxy) is 2. The molecule has 0 saturated carbocycles. The summed E-state index contributed by atoms with van der Waals surface area (Å²) in [7, 11) is -2.21. The molecule has 0 aromatic heterocycles. The van der Waals surface area contributed by atoms with Gasteiger partial charge in [0.15, 0.2) is 16.1 Å². The fraction of sp³-hybridized carbons (Fsp3) is 1.00. The lowest BCUT2D eigenvalue weighted by molar-refractivity contribution is -0.285. The van der Waals surface area contributed by atoms with Crippen LogP contribution in [0.15, 0.2) is 0 Å². The van der Waals surface area contributed by atoms with E-state index in [1.54, 1.807) is 0 Å². The van der Waals surface area contributed by atoms with Gasteiger partial charge in [-0.05, 0) is 13.0 Å². The Hall–Kier alpha value is -0.290. The fourth-order valence-corrected chi connectivity index (χ4v) is 3.44. The van der Waals surface area contributed by atoms with E-state index in [4.69, 9.17) is 15.2 Å². The van der Waals surface area contributed by atoms with E-state index in [0.717, 1.165) is 0 Å². The van der Waals surface area contributed by atoms with Crippen LogP contribution >= 0.6 is 0 Å². The molecule has 0 radical (unpaired) electrons. The van der Waals surface area contributed by atoms with E-state index in [1.807, 2.05) is 0 Å². The number of aliphatic hydroxyl groups excluding tert-OH is 3. The summed E-state index contributed by atoms with van der Waals surface area (Å²) < 4.78 is 33.5. The van der Waals surface area contributed by atoms with E-state index >= 15 is 0 Å². The van der Waals surface area contributed by atoms with Crippen LogP contribution in [0.4, 0.5) is 0 Å². The van der Waals surface area contributed by atoms with Crippen molar-refractivity contribution in [3.05, 3.63) is 0 Å². The van der Waals surface area contributed by atoms with Crippen molar-refractivity contribution < 1.29 is 33.2 Å². The smallest absolute Gasteiger partial charge is 0.186 e. The van der Waals surface area contributed by atoms with Gasteiger partial charge < -0.3 is 30.5 Å². The van der Waals surface area contributed by atoms with Crippen LogP contribution in [0.2, 0.25) is 0 Å². The first kappa shape index (κ1) is 16.8. The Bertz CT molecular complexity index is 372. The highest BCUT2D eigenvalue weighted by molar-refractivity contribution is 7.91. The van der Waals surface area contributed by atoms with Crippen LogP contribution in [0, 0.1) is 0 Å². The molecule has 1 aliphatic heterocycles. The fourth-order valence-electron chi connectivity index (χ4n) is 1.89. The van der Waals surface area contributed by atoms with E-state index in [0.29, 0.717) is 6.42 Å². The third-order valence-electron chi connectivity index (χ3n) is 2.98. The molecule has 0 aromatic rings. The molecule has 114 valence electrons. The Morgan fingerprint density at radius 2 is 1.84 bits per heavy atom. The van der Waals surface area contributed by atoms with Crippen LogP contribution in [0.25, 0.3) is 0 Å². The van der Waals surface area contributed by atoms with Crippen LogP contribution in [-0.4, -0.2) is 79.6 Å². The summed E-state index contributed by atoms with van der Waals surface area (Å²) in [6, 6.07) is 0. The number of hydrogen-bond acceptors (Lipinski definition) is 8. The minimum atomic E-state index is -3.46. The van der Waals surface area contributed by atoms with E-state index in [2.05, 4.69) is 0 Å². The van der Waals surface area contributed by atoms with Crippen LogP contribution < -0.4 is 5.73 Å². The molecule has 9 heteroatoms. The Morgan fingerprint density at radius 3 is 2.37 bits per heavy atom. The molecule has 0 unspecified atom stereocenters. The normalized spacial score (nSPS) is 36.4. The van der Waals surface area contributed by atoms with E-state index < -0.39 is 46.3 Å². The highest BCUT2D eigenvalue weighted by Gasteiger charge is 2.45. The van der Waals surface area contributed by atoms with Crippen molar-refractivity contribution in [2.75, 3.05) is 25.2 Å². The van der Waals surface area contributed by atoms with E-state index in [-0.39, 0.29) is 12.3 Å². The van der Waals surface area contributed by atoms with Crippen molar-refractivity contribution in [2.24, 2.45) is 5.73 Å². The summed E-state index contributed by atoms with van der Waals surface area (Å²) in [5, 5.41) is 28.9. The van der Waals surface area contributed by atoms with Gasteiger partial charge in [0, 0.05) is 7.11 Å². The molecule has 5 atom stereocenters. The van der Waals surface area contributed by atoms with Gasteiger partial charge >= 0.3 is 0 Å². The molecule has 1 heterocycles. The molecule has 1 rings (SSSR count). The maximum Gasteiger partial charge on any atom is 0.186 e. The second kappa shape index (κ2) is 6.93. The largest absolute Gasteiger partial charge is 0.388 e. The highest BCUT2D eigenvalue weighted by Crippen LogP contribution is 2.22. The van der Waals surface area contributed by atoms with Crippen molar-refractivity contribution in [2.45, 2.75) is 37.1 Å². The summed E-state index contributed by atoms with van der Waals surface area (Å²) in [4.78, 5) is 0. The molecule has 0 aromatic carbocycles. The van der Waals surface area contributed by atoms with Gasteiger partial charge in [-0.1, -0.05) is 0 Å². The molecule has 0 aliphatic carbocycles. The van der Waals surface area contributed by atoms with Crippen molar-refractivity contribution in [3.63, 3.8) is 0 Å². The van der Waals surface area contributed by atoms with Gasteiger partial charge in [0.05, 0.1) is 11.5 Å². The number of sulfone groups is 1. The molecule has 0 amide bonds. The maximum atomic E-state index is 11.8. The number of nitrogens with two attached hydrogens (primary N) is 1. The zero-order valence-corrected chi connectivity index (χ0v) is 11.5. The second-order valence-corrected chi connectivity index (χ2v) is 6.74. The molecule has 0 bridgehead atoms. The summed E-state index contributed by atoms with van der Waals surface area (Å²) in [5.74, 6) is -0.579. The van der Waals surface area contributed by atoms with Gasteiger partial charge in [-0.15, -0.1) is 0 Å². The zero-order chi connectivity index (χ0) is 14.6. The third-order valence-corrected chi connectivity index (χ3v) is 4.73. The molecule has 19 heavy (non-hydrogen) atoms. The summed E-state index contributed by atoms with van der Waals surface area (Å²) in [6.07, 6.45) is -6.45. The number of hydrogen-bond donors (Lipinski definition) is 4. The van der Waals surface area contributed by atoms with Crippen molar-refractivity contribution in [1.29, 1.82) is 0 Å². The van der Waals surface area contributed by atoms with Crippen LogP contribution in [-0.2, 0) is 19.3 Å². The number of methoxy groups -OCH3 is 1. The van der Waals surface area contributed by atoms with Gasteiger partial charge in [0.2, 0.25) is 0 Å². The first-order valence-electron chi connectivity index (χ1n) is 5.95. The molecule has 0 spiro atoms. The third kappa shape index (κ3) is 4.35. The molecular weight excluding hydrogens is 278 g/mol. The Labute approximate surface area is 112 Å². The lowest BCUT2D eigenvalue weighted by atomic mass is 10.00. The summed E-state index contributed by atoms with van der Waals surface area (Å²) >= 11 is 0. The molecule has 1 fully saturated rings. The van der Waals surface area contributed by atoms with Gasteiger partial charge in [-0.3, -0.25) is 0 Å². The van der Waals surface area contributed by atoms with Crippen molar-refractivity contribution in [3.8, 4) is 0 Å². The second-order valence-electron chi connectivity index (χ2n) is 4.51. The molecular formula is C10H21NO7S. The first-order valence-corrected chi connectivity index (χ1v) is 7.77. The quantitative estimate of drug-likeness (QED) is 0.412. The van der Waals surface area contributed by atoms with Gasteiger partial charge in [-0.25, -0.2) is 8.42 Å². The maximum absolute atomic E-state index is 11.8. The Morgan fingerprint density at radius 1 is 1.21 bits per heavy atom. The zero-order valence-electron chi connectivity index (χ0n) is 10.7. The summed E-state index contributed by atoms with van der Waals surface area (Å²) in [6.45, 7) is 0.245. The minimum absolute atomic E-state index is 0.119. The first-order chi connectivity index (χ1) is 8.82. The lowest BCUT2D eigenvalue weighted by Gasteiger charge is -2.39. The Balaban J connectivity index is 2.71. The monoisotopic (exact) mass is 299 g/mol. The lowest BCUT2D eigenvalue weighted by Crippen LogP contribution is -2.59. The topological polar surface area (TPSA) is 139 Å². The predicted molar refractivity (Wildman–Crippen MR) is 66.0 cm³/mol. The van der Waals surface area contributed by atoms with Crippen molar-refractivity contribution >= 4 is 9.84 Å². The molecule has 5 N–H and O–H groups in total. The van der Waals surface area contributed by atoms with E-state index in [1.165, 1.54) is 7.11 Å². The predicted octanol–water partition coefficient (Wildman–Crippen LogP) is -2.80. The molecule has 1 saturated heterocycles. The van der Waals surface area contributed by atoms with Crippen LogP contribution in [0.5, 0.6) is 0 Å². The van der Waals surface area contributed by atoms with Gasteiger partial charge in [0.1, 0.15) is 24.4 Å². The average molecular weight is 299 g/mol. The van der Waals surface area contributed by atoms with Crippen LogP contribution in [0.1, 0.15) is 6.42 Å². The van der Waals surface area contributed by atoms with Gasteiger partial charge in [0.25, 0.3) is 0 Å². The minimum Gasteiger partial charge on any atom is -0.388 e. The highest BCUT2D eigenvalue weighted by atomic mass is 32.2. The molecule has 1 aliphatic rings. The van der Waals surface area contributed by atoms with Crippen molar-refractivity contribution in [1.82, 2.24) is 0 Å². The van der Waals surface area contributed by atoms with Crippen LogP contribution in [0.3, 0.4) is 0 Å². The van der Waals surface area contributed by atoms with E-state index in [9.17, 15) is 23.7 Å². The SMILES string of the molecule is CO[C@H]1O[C@H](CS(=O)(=O)CCCN)[C@@H](O)[C@H](O)[C@H]1O. The number of aliphatic hydroxyl groups is 3. The number of rotatable bonds is 6. The summed E-state index contributed by atoms with van der Waals surface area (Å²) in [5.41, 5.74) is 5.24. The van der Waals surface area contributed by atoms with Gasteiger partial charge in [-0.2, -0.15) is 0 Å². The molecule has 8 nitrogen and oxygen atoms in total. The Kier molecular flexibility index (Phi) is 6.12. The average Bonchev–Trinajstić information content (AvgIpc) is 2.37. The standard InChI is InChI=1S/C10H21NO7S/c1-17-10-9(14)8(13)7(12)6(18-10)5-19(15,16)4-2-3-11/h6-10,12-14H,2-5,11H2,1H3/t6-,7-,8+,9-,10+/m1/s1.